The van der Waals surface area contributed by atoms with Gasteiger partial charge >= 0.3 is 0 Å². The molecule has 0 aliphatic rings. The third-order valence-corrected chi connectivity index (χ3v) is 2.38. The molecule has 0 aliphatic heterocycles. The lowest BCUT2D eigenvalue weighted by atomic mass is 10.4. The average molecular weight is 231 g/mol. The van der Waals surface area contributed by atoms with Crippen LogP contribution >= 0.6 is 12.2 Å². The summed E-state index contributed by atoms with van der Waals surface area (Å²) < 4.78 is 0. The molecule has 0 spiro atoms. The maximum Gasteiger partial charge on any atom is 0.166 e. The largest absolute Gasteiger partial charge is 0.361 e. The van der Waals surface area contributed by atoms with Crippen LogP contribution in [0.1, 0.15) is 34.1 Å². The second-order valence-electron chi connectivity index (χ2n) is 3.99. The quantitative estimate of drug-likeness (QED) is 0.651. The van der Waals surface area contributed by atoms with Crippen LogP contribution < -0.4 is 10.6 Å². The van der Waals surface area contributed by atoms with E-state index in [0.29, 0.717) is 6.04 Å². The molecular weight excluding hydrogens is 206 g/mol. The summed E-state index contributed by atoms with van der Waals surface area (Å²) in [6, 6.07) is 0.405. The van der Waals surface area contributed by atoms with Crippen LogP contribution in [0.15, 0.2) is 0 Å². The van der Waals surface area contributed by atoms with Crippen molar-refractivity contribution in [3.8, 4) is 0 Å². The molecule has 90 valence electrons. The van der Waals surface area contributed by atoms with Gasteiger partial charge in [0.05, 0.1) is 0 Å². The van der Waals surface area contributed by atoms with Crippen molar-refractivity contribution in [1.82, 2.24) is 15.5 Å². The lowest BCUT2D eigenvalue weighted by Crippen LogP contribution is -2.42. The molecule has 0 heterocycles. The van der Waals surface area contributed by atoms with Crippen molar-refractivity contribution in [3.05, 3.63) is 0 Å². The van der Waals surface area contributed by atoms with Crippen molar-refractivity contribution in [1.29, 1.82) is 0 Å². The highest BCUT2D eigenvalue weighted by Gasteiger charge is 2.01. The van der Waals surface area contributed by atoms with Gasteiger partial charge in [0.1, 0.15) is 0 Å². The second kappa shape index (κ2) is 8.92. The Morgan fingerprint density at radius 3 is 2.40 bits per heavy atom. The van der Waals surface area contributed by atoms with Crippen LogP contribution in [0.4, 0.5) is 0 Å². The van der Waals surface area contributed by atoms with Crippen molar-refractivity contribution >= 4 is 17.3 Å². The minimum Gasteiger partial charge on any atom is -0.361 e. The van der Waals surface area contributed by atoms with Crippen LogP contribution in [0.25, 0.3) is 0 Å². The summed E-state index contributed by atoms with van der Waals surface area (Å²) in [4.78, 5) is 2.42. The number of rotatable bonds is 7. The van der Waals surface area contributed by atoms with Crippen LogP contribution in [-0.2, 0) is 0 Å². The first-order valence-electron chi connectivity index (χ1n) is 5.86. The van der Waals surface area contributed by atoms with Gasteiger partial charge in [-0.05, 0) is 45.6 Å². The highest BCUT2D eigenvalue weighted by atomic mass is 32.1. The van der Waals surface area contributed by atoms with Crippen LogP contribution in [0, 0.1) is 0 Å². The highest BCUT2D eigenvalue weighted by Crippen LogP contribution is 1.89. The molecule has 0 rings (SSSR count). The Bertz CT molecular complexity index is 171. The third kappa shape index (κ3) is 8.63. The number of thiocarbonyl (C=S) groups is 1. The van der Waals surface area contributed by atoms with E-state index in [-0.39, 0.29) is 0 Å². The Balaban J connectivity index is 3.54. The van der Waals surface area contributed by atoms with E-state index in [0.717, 1.165) is 24.7 Å². The summed E-state index contributed by atoms with van der Waals surface area (Å²) >= 11 is 5.14. The lowest BCUT2D eigenvalue weighted by Gasteiger charge is -2.20. The SMILES string of the molecule is CCCN(CC)CCNC(=S)NC(C)C. The lowest BCUT2D eigenvalue weighted by molar-refractivity contribution is 0.293. The standard InChI is InChI=1S/C11H25N3S/c1-5-8-14(6-2)9-7-12-11(15)13-10(3)4/h10H,5-9H2,1-4H3,(H2,12,13,15). The molecule has 4 heteroatoms. The number of nitrogens with one attached hydrogen (secondary N) is 2. The van der Waals surface area contributed by atoms with Gasteiger partial charge in [0.2, 0.25) is 0 Å². The first kappa shape index (κ1) is 14.6. The van der Waals surface area contributed by atoms with E-state index in [2.05, 4.69) is 43.2 Å². The van der Waals surface area contributed by atoms with E-state index in [4.69, 9.17) is 12.2 Å². The van der Waals surface area contributed by atoms with Crippen molar-refractivity contribution < 1.29 is 0 Å². The van der Waals surface area contributed by atoms with E-state index >= 15 is 0 Å². The van der Waals surface area contributed by atoms with E-state index in [1.165, 1.54) is 13.0 Å². The molecule has 0 fully saturated rings. The molecule has 2 N–H and O–H groups in total. The van der Waals surface area contributed by atoms with Crippen LogP contribution in [0.3, 0.4) is 0 Å². The Hall–Kier alpha value is -0.350. The Kier molecular flexibility index (Phi) is 8.71. The molecule has 0 saturated carbocycles. The summed E-state index contributed by atoms with van der Waals surface area (Å²) in [5.74, 6) is 0. The molecular formula is C11H25N3S. The molecule has 0 aromatic heterocycles. The fourth-order valence-electron chi connectivity index (χ4n) is 1.39. The zero-order chi connectivity index (χ0) is 11.7. The van der Waals surface area contributed by atoms with Crippen LogP contribution in [0.2, 0.25) is 0 Å². The number of nitrogens with zero attached hydrogens (tertiary/aromatic N) is 1. The number of hydrogen-bond acceptors (Lipinski definition) is 2. The molecule has 0 aromatic rings. The first-order valence-corrected chi connectivity index (χ1v) is 6.27. The Morgan fingerprint density at radius 2 is 1.93 bits per heavy atom. The first-order chi connectivity index (χ1) is 7.10. The van der Waals surface area contributed by atoms with Gasteiger partial charge in [-0.2, -0.15) is 0 Å². The van der Waals surface area contributed by atoms with E-state index in [9.17, 15) is 0 Å². The maximum absolute atomic E-state index is 5.14. The van der Waals surface area contributed by atoms with Crippen LogP contribution in [-0.4, -0.2) is 42.2 Å². The minimum absolute atomic E-state index is 0.405. The fraction of sp³-hybridized carbons (Fsp3) is 0.909. The smallest absolute Gasteiger partial charge is 0.166 e. The summed E-state index contributed by atoms with van der Waals surface area (Å²) in [7, 11) is 0. The fourth-order valence-corrected chi connectivity index (χ4v) is 1.72. The van der Waals surface area contributed by atoms with Gasteiger partial charge in [-0.1, -0.05) is 13.8 Å². The molecule has 0 saturated heterocycles. The molecule has 0 bridgehead atoms. The molecule has 0 radical (unpaired) electrons. The predicted molar refractivity (Wildman–Crippen MR) is 71.3 cm³/mol. The minimum atomic E-state index is 0.405. The summed E-state index contributed by atoms with van der Waals surface area (Å²) in [5, 5.41) is 7.15. The number of likely N-dealkylation sites (N-methyl/N-ethyl adjacent to an activating group) is 1. The molecule has 3 nitrogen and oxygen atoms in total. The normalized spacial score (nSPS) is 10.8. The topological polar surface area (TPSA) is 27.3 Å². The van der Waals surface area contributed by atoms with Crippen molar-refractivity contribution in [3.63, 3.8) is 0 Å². The van der Waals surface area contributed by atoms with Gasteiger partial charge < -0.3 is 15.5 Å². The van der Waals surface area contributed by atoms with Gasteiger partial charge in [0.15, 0.2) is 5.11 Å². The van der Waals surface area contributed by atoms with E-state index in [1.807, 2.05) is 0 Å². The van der Waals surface area contributed by atoms with Gasteiger partial charge in [0.25, 0.3) is 0 Å². The Morgan fingerprint density at radius 1 is 1.27 bits per heavy atom. The van der Waals surface area contributed by atoms with Crippen molar-refractivity contribution in [2.45, 2.75) is 40.2 Å². The van der Waals surface area contributed by atoms with Crippen molar-refractivity contribution in [2.75, 3.05) is 26.2 Å². The van der Waals surface area contributed by atoms with Gasteiger partial charge in [-0.15, -0.1) is 0 Å². The molecule has 0 aliphatic carbocycles. The molecule has 15 heavy (non-hydrogen) atoms. The van der Waals surface area contributed by atoms with Gasteiger partial charge in [-0.25, -0.2) is 0 Å². The average Bonchev–Trinajstić information content (AvgIpc) is 2.15. The number of hydrogen-bond donors (Lipinski definition) is 2. The summed E-state index contributed by atoms with van der Waals surface area (Å²) in [6.07, 6.45) is 1.21. The third-order valence-electron chi connectivity index (χ3n) is 2.12. The van der Waals surface area contributed by atoms with Gasteiger partial charge in [-0.3, -0.25) is 0 Å². The molecule has 0 amide bonds. The predicted octanol–water partition coefficient (Wildman–Crippen LogP) is 1.59. The Labute approximate surface area is 99.6 Å². The van der Waals surface area contributed by atoms with Crippen LogP contribution in [0.5, 0.6) is 0 Å². The highest BCUT2D eigenvalue weighted by molar-refractivity contribution is 7.80. The maximum atomic E-state index is 5.14. The zero-order valence-corrected chi connectivity index (χ0v) is 11.3. The summed E-state index contributed by atoms with van der Waals surface area (Å²) in [6.45, 7) is 12.8. The van der Waals surface area contributed by atoms with Crippen molar-refractivity contribution in [2.24, 2.45) is 0 Å². The summed E-state index contributed by atoms with van der Waals surface area (Å²) in [5.41, 5.74) is 0. The second-order valence-corrected chi connectivity index (χ2v) is 4.40. The van der Waals surface area contributed by atoms with E-state index < -0.39 is 0 Å². The molecule has 0 atom stereocenters. The molecule has 0 aromatic carbocycles. The van der Waals surface area contributed by atoms with Gasteiger partial charge in [0, 0.05) is 19.1 Å². The molecule has 0 unspecified atom stereocenters. The zero-order valence-electron chi connectivity index (χ0n) is 10.5. The monoisotopic (exact) mass is 231 g/mol. The van der Waals surface area contributed by atoms with E-state index in [1.54, 1.807) is 0 Å².